The number of halogens is 1. The molecule has 1 aliphatic heterocycles. The van der Waals surface area contributed by atoms with Gasteiger partial charge in [-0.3, -0.25) is 0 Å². The normalized spacial score (nSPS) is 18.5. The zero-order chi connectivity index (χ0) is 17.1. The van der Waals surface area contributed by atoms with Crippen LogP contribution in [0, 0.1) is 5.41 Å². The molecule has 26 heavy (non-hydrogen) atoms. The van der Waals surface area contributed by atoms with E-state index in [2.05, 4.69) is 46.5 Å². The number of nitrogens with one attached hydrogen (secondary N) is 1. The molecule has 2 aromatic rings. The quantitative estimate of drug-likeness (QED) is 0.424. The molecule has 2 heterocycles. The first-order valence-corrected chi connectivity index (χ1v) is 9.41. The summed E-state index contributed by atoms with van der Waals surface area (Å²) < 4.78 is 1.91. The van der Waals surface area contributed by atoms with E-state index in [4.69, 9.17) is 4.99 Å². The second-order valence-corrected chi connectivity index (χ2v) is 7.27. The van der Waals surface area contributed by atoms with Gasteiger partial charge in [0.1, 0.15) is 0 Å². The molecule has 2 aliphatic rings. The summed E-state index contributed by atoms with van der Waals surface area (Å²) in [7, 11) is 0. The molecule has 0 bridgehead atoms. The van der Waals surface area contributed by atoms with Crippen molar-refractivity contribution in [3.05, 3.63) is 48.3 Å². The monoisotopic (exact) mass is 465 g/mol. The molecule has 1 saturated heterocycles. The zero-order valence-corrected chi connectivity index (χ0v) is 17.7. The van der Waals surface area contributed by atoms with Crippen molar-refractivity contribution in [2.24, 2.45) is 10.4 Å². The Bertz CT molecular complexity index is 736. The van der Waals surface area contributed by atoms with E-state index in [0.717, 1.165) is 24.7 Å². The van der Waals surface area contributed by atoms with Gasteiger partial charge < -0.3 is 10.2 Å². The Morgan fingerprint density at radius 2 is 2.08 bits per heavy atom. The molecule has 2 fully saturated rings. The third kappa shape index (κ3) is 3.89. The fourth-order valence-electron chi connectivity index (χ4n) is 4.07. The lowest BCUT2D eigenvalue weighted by Crippen LogP contribution is -2.42. The molecule has 140 valence electrons. The average Bonchev–Trinajstić information content (AvgIpc) is 3.28. The minimum absolute atomic E-state index is 0. The molecule has 0 unspecified atom stereocenters. The van der Waals surface area contributed by atoms with Gasteiger partial charge in [-0.2, -0.15) is 5.10 Å². The number of rotatable bonds is 4. The van der Waals surface area contributed by atoms with Gasteiger partial charge in [0.15, 0.2) is 5.96 Å². The Morgan fingerprint density at radius 3 is 2.73 bits per heavy atom. The van der Waals surface area contributed by atoms with Crippen molar-refractivity contribution in [2.45, 2.75) is 39.2 Å². The average molecular weight is 465 g/mol. The summed E-state index contributed by atoms with van der Waals surface area (Å²) in [4.78, 5) is 7.41. The molecule has 0 atom stereocenters. The van der Waals surface area contributed by atoms with E-state index in [9.17, 15) is 0 Å². The minimum atomic E-state index is 0. The number of likely N-dealkylation sites (tertiary alicyclic amines) is 1. The molecule has 4 rings (SSSR count). The van der Waals surface area contributed by atoms with E-state index >= 15 is 0 Å². The van der Waals surface area contributed by atoms with E-state index in [-0.39, 0.29) is 24.0 Å². The fourth-order valence-corrected chi connectivity index (χ4v) is 4.07. The Morgan fingerprint density at radius 1 is 1.23 bits per heavy atom. The molecule has 0 radical (unpaired) electrons. The van der Waals surface area contributed by atoms with Gasteiger partial charge in [0.05, 0.1) is 12.2 Å². The number of aromatic nitrogens is 2. The topological polar surface area (TPSA) is 45.5 Å². The third-order valence-corrected chi connectivity index (χ3v) is 5.63. The molecule has 1 saturated carbocycles. The third-order valence-electron chi connectivity index (χ3n) is 5.63. The summed E-state index contributed by atoms with van der Waals surface area (Å²) in [5.74, 6) is 1.06. The lowest BCUT2D eigenvalue weighted by atomic mass is 9.68. The summed E-state index contributed by atoms with van der Waals surface area (Å²) in [6.45, 7) is 6.01. The van der Waals surface area contributed by atoms with Crippen molar-refractivity contribution in [2.75, 3.05) is 19.6 Å². The lowest BCUT2D eigenvalue weighted by molar-refractivity contribution is 0.151. The highest BCUT2D eigenvalue weighted by molar-refractivity contribution is 14.0. The molecule has 5 nitrogen and oxygen atoms in total. The van der Waals surface area contributed by atoms with Gasteiger partial charge in [-0.25, -0.2) is 9.67 Å². The molecule has 1 spiro atoms. The van der Waals surface area contributed by atoms with E-state index in [1.165, 1.54) is 37.8 Å². The summed E-state index contributed by atoms with van der Waals surface area (Å²) in [6, 6.07) is 10.3. The molecular formula is C20H28IN5. The van der Waals surface area contributed by atoms with Gasteiger partial charge in [0, 0.05) is 32.0 Å². The first-order chi connectivity index (χ1) is 12.3. The van der Waals surface area contributed by atoms with Gasteiger partial charge in [-0.05, 0) is 49.3 Å². The summed E-state index contributed by atoms with van der Waals surface area (Å²) in [5, 5.41) is 7.86. The Balaban J connectivity index is 0.00000196. The number of para-hydroxylation sites is 1. The lowest BCUT2D eigenvalue weighted by Gasteiger charge is -2.38. The highest BCUT2D eigenvalue weighted by Crippen LogP contribution is 2.47. The van der Waals surface area contributed by atoms with Crippen LogP contribution in [-0.4, -0.2) is 40.3 Å². The van der Waals surface area contributed by atoms with Crippen LogP contribution in [0.1, 0.15) is 38.2 Å². The molecule has 0 amide bonds. The highest BCUT2D eigenvalue weighted by Gasteiger charge is 2.43. The summed E-state index contributed by atoms with van der Waals surface area (Å²) in [5.41, 5.74) is 2.88. The number of hydrogen-bond acceptors (Lipinski definition) is 2. The number of nitrogens with zero attached hydrogens (tertiary/aromatic N) is 4. The second kappa shape index (κ2) is 8.41. The largest absolute Gasteiger partial charge is 0.357 e. The van der Waals surface area contributed by atoms with Gasteiger partial charge in [0.25, 0.3) is 0 Å². The SMILES string of the molecule is CCNC(=NCc1ccccc1-n1cccn1)N1CCC2(CCC2)C1.I. The maximum atomic E-state index is 4.95. The summed E-state index contributed by atoms with van der Waals surface area (Å²) >= 11 is 0. The van der Waals surface area contributed by atoms with Crippen LogP contribution >= 0.6 is 24.0 Å². The van der Waals surface area contributed by atoms with E-state index < -0.39 is 0 Å². The first-order valence-electron chi connectivity index (χ1n) is 9.41. The van der Waals surface area contributed by atoms with Crippen LogP contribution < -0.4 is 5.32 Å². The molecular weight excluding hydrogens is 437 g/mol. The van der Waals surface area contributed by atoms with Crippen LogP contribution in [-0.2, 0) is 6.54 Å². The van der Waals surface area contributed by atoms with E-state index in [1.807, 2.05) is 23.1 Å². The standard InChI is InChI=1S/C20H27N5.HI/c1-2-21-19(24-14-11-20(16-24)9-5-10-20)22-15-17-7-3-4-8-18(17)25-13-6-12-23-25;/h3-4,6-8,12-13H,2,5,9-11,14-16H2,1H3,(H,21,22);1H. The first kappa shape index (κ1) is 19.2. The fraction of sp³-hybridized carbons (Fsp3) is 0.500. The van der Waals surface area contributed by atoms with Gasteiger partial charge >= 0.3 is 0 Å². The van der Waals surface area contributed by atoms with Crippen LogP contribution in [0.3, 0.4) is 0 Å². The number of hydrogen-bond donors (Lipinski definition) is 1. The van der Waals surface area contributed by atoms with Crippen molar-refractivity contribution in [1.29, 1.82) is 0 Å². The van der Waals surface area contributed by atoms with Crippen LogP contribution in [0.15, 0.2) is 47.7 Å². The zero-order valence-electron chi connectivity index (χ0n) is 15.4. The Hall–Kier alpha value is -1.57. The smallest absolute Gasteiger partial charge is 0.194 e. The summed E-state index contributed by atoms with van der Waals surface area (Å²) in [6.07, 6.45) is 9.30. The van der Waals surface area contributed by atoms with E-state index in [0.29, 0.717) is 12.0 Å². The molecule has 1 aromatic heterocycles. The van der Waals surface area contributed by atoms with Crippen molar-refractivity contribution in [3.8, 4) is 5.69 Å². The van der Waals surface area contributed by atoms with Crippen molar-refractivity contribution < 1.29 is 0 Å². The molecule has 1 N–H and O–H groups in total. The number of aliphatic imine (C=N–C) groups is 1. The Kier molecular flexibility index (Phi) is 6.21. The molecule has 1 aromatic carbocycles. The van der Waals surface area contributed by atoms with E-state index in [1.54, 1.807) is 0 Å². The number of guanidine groups is 1. The molecule has 6 heteroatoms. The van der Waals surface area contributed by atoms with Crippen molar-refractivity contribution >= 4 is 29.9 Å². The maximum Gasteiger partial charge on any atom is 0.194 e. The van der Waals surface area contributed by atoms with Crippen molar-refractivity contribution in [1.82, 2.24) is 20.0 Å². The highest BCUT2D eigenvalue weighted by atomic mass is 127. The van der Waals surface area contributed by atoms with Crippen LogP contribution in [0.25, 0.3) is 5.69 Å². The van der Waals surface area contributed by atoms with Crippen LogP contribution in [0.2, 0.25) is 0 Å². The number of benzene rings is 1. The second-order valence-electron chi connectivity index (χ2n) is 7.27. The molecule has 1 aliphatic carbocycles. The van der Waals surface area contributed by atoms with Gasteiger partial charge in [-0.1, -0.05) is 24.6 Å². The Labute approximate surface area is 172 Å². The van der Waals surface area contributed by atoms with Crippen LogP contribution in [0.5, 0.6) is 0 Å². The van der Waals surface area contributed by atoms with Crippen molar-refractivity contribution in [3.63, 3.8) is 0 Å². The minimum Gasteiger partial charge on any atom is -0.357 e. The van der Waals surface area contributed by atoms with Gasteiger partial charge in [-0.15, -0.1) is 24.0 Å². The van der Waals surface area contributed by atoms with Crippen LogP contribution in [0.4, 0.5) is 0 Å². The predicted octanol–water partition coefficient (Wildman–Crippen LogP) is 3.83. The maximum absolute atomic E-state index is 4.95. The predicted molar refractivity (Wildman–Crippen MR) is 116 cm³/mol. The van der Waals surface area contributed by atoms with Gasteiger partial charge in [0.2, 0.25) is 0 Å².